The SMILES string of the molecule is CCCCCCCCCCCC[N+](C)(C)C.[O-][I+2]([O-])O. The molecule has 0 radical (unpaired) electrons. The van der Waals surface area contributed by atoms with Gasteiger partial charge < -0.3 is 11.4 Å². The molecule has 5 heteroatoms. The molecule has 20 heavy (non-hydrogen) atoms. The molecular formula is C15H35INO3+. The van der Waals surface area contributed by atoms with Crippen molar-refractivity contribution in [3.8, 4) is 0 Å². The van der Waals surface area contributed by atoms with Crippen molar-refractivity contribution in [3.63, 3.8) is 0 Å². The zero-order valence-electron chi connectivity index (χ0n) is 13.9. The number of rotatable bonds is 11. The summed E-state index contributed by atoms with van der Waals surface area (Å²) in [5.74, 6) is 0. The van der Waals surface area contributed by atoms with Gasteiger partial charge in [0.2, 0.25) is 0 Å². The smallest absolute Gasteiger partial charge is 0.396 e. The Balaban J connectivity index is 0. The van der Waals surface area contributed by atoms with Crippen LogP contribution in [0.25, 0.3) is 0 Å². The maximum atomic E-state index is 8.68. The Morgan fingerprint density at radius 3 is 1.35 bits per heavy atom. The van der Waals surface area contributed by atoms with Crippen molar-refractivity contribution in [2.75, 3.05) is 27.7 Å². The highest BCUT2D eigenvalue weighted by molar-refractivity contribution is 4.47. The molecule has 0 unspecified atom stereocenters. The van der Waals surface area contributed by atoms with E-state index >= 15 is 0 Å². The molecule has 0 saturated carbocycles. The molecule has 0 aromatic carbocycles. The van der Waals surface area contributed by atoms with Gasteiger partial charge in [-0.3, -0.25) is 0 Å². The molecule has 0 fully saturated rings. The Morgan fingerprint density at radius 1 is 0.750 bits per heavy atom. The Bertz CT molecular complexity index is 182. The first kappa shape index (κ1) is 22.8. The van der Waals surface area contributed by atoms with E-state index in [2.05, 4.69) is 28.1 Å². The third kappa shape index (κ3) is 31.1. The van der Waals surface area contributed by atoms with Gasteiger partial charge in [0.25, 0.3) is 0 Å². The van der Waals surface area contributed by atoms with Crippen molar-refractivity contribution in [1.82, 2.24) is 0 Å². The van der Waals surface area contributed by atoms with E-state index in [-0.39, 0.29) is 0 Å². The minimum Gasteiger partial charge on any atom is -0.396 e. The quantitative estimate of drug-likeness (QED) is 0.264. The number of nitrogens with zero attached hydrogens (tertiary/aromatic N) is 1. The summed E-state index contributed by atoms with van der Waals surface area (Å²) in [6, 6.07) is 0. The molecule has 0 aliphatic carbocycles. The molecule has 0 aromatic rings. The second-order valence-corrected chi connectivity index (χ2v) is 7.54. The van der Waals surface area contributed by atoms with Gasteiger partial charge in [0.05, 0.1) is 27.7 Å². The summed E-state index contributed by atoms with van der Waals surface area (Å²) in [4.78, 5) is 0. The molecule has 0 rings (SSSR count). The van der Waals surface area contributed by atoms with E-state index in [0.29, 0.717) is 0 Å². The molecular weight excluding hydrogens is 369 g/mol. The zero-order chi connectivity index (χ0) is 15.9. The summed E-state index contributed by atoms with van der Waals surface area (Å²) in [7, 11) is 6.86. The van der Waals surface area contributed by atoms with Crippen LogP contribution < -0.4 is 27.9 Å². The van der Waals surface area contributed by atoms with Crippen molar-refractivity contribution in [2.24, 2.45) is 0 Å². The Hall–Kier alpha value is 0.570. The van der Waals surface area contributed by atoms with Gasteiger partial charge in [-0.1, -0.05) is 58.3 Å². The van der Waals surface area contributed by atoms with Gasteiger partial charge in [-0.25, -0.2) is 0 Å². The third-order valence-electron chi connectivity index (χ3n) is 3.18. The molecule has 0 aliphatic heterocycles. The minimum atomic E-state index is -3.76. The summed E-state index contributed by atoms with van der Waals surface area (Å²) in [6.07, 6.45) is 14.4. The van der Waals surface area contributed by atoms with Gasteiger partial charge in [0.15, 0.2) is 0 Å². The highest BCUT2D eigenvalue weighted by atomic mass is 127. The van der Waals surface area contributed by atoms with Gasteiger partial charge in [-0.2, -0.15) is 0 Å². The Kier molecular flexibility index (Phi) is 18.2. The molecule has 0 atom stereocenters. The standard InChI is InChI=1S/C15H34N.HIO3/c1-5-6-7-8-9-10-11-12-13-14-15-16(2,3)4;2-1(3)4/h5-15H2,1-4H3;2H/q+1;. The van der Waals surface area contributed by atoms with Crippen molar-refractivity contribution in [2.45, 2.75) is 71.1 Å². The van der Waals surface area contributed by atoms with Gasteiger partial charge in [0.1, 0.15) is 0 Å². The maximum absolute atomic E-state index is 8.68. The lowest BCUT2D eigenvalue weighted by molar-refractivity contribution is -1.63. The lowest BCUT2D eigenvalue weighted by Crippen LogP contribution is -3.98. The molecule has 0 amide bonds. The highest BCUT2D eigenvalue weighted by Gasteiger charge is 2.04. The van der Waals surface area contributed by atoms with Crippen LogP contribution in [0.2, 0.25) is 0 Å². The molecule has 0 heterocycles. The molecule has 0 aliphatic rings. The first-order valence-electron chi connectivity index (χ1n) is 7.84. The molecule has 1 N–H and O–H groups in total. The second-order valence-electron chi connectivity index (χ2n) is 6.40. The first-order chi connectivity index (χ1) is 9.29. The van der Waals surface area contributed by atoms with Gasteiger partial charge in [-0.05, 0) is 16.3 Å². The van der Waals surface area contributed by atoms with Crippen LogP contribution in [0.15, 0.2) is 0 Å². The monoisotopic (exact) mass is 404 g/mol. The molecule has 0 spiro atoms. The van der Waals surface area contributed by atoms with Crippen LogP contribution in [0.4, 0.5) is 0 Å². The third-order valence-corrected chi connectivity index (χ3v) is 3.18. The van der Waals surface area contributed by atoms with Crippen molar-refractivity contribution in [3.05, 3.63) is 0 Å². The van der Waals surface area contributed by atoms with E-state index in [1.165, 1.54) is 70.8 Å². The van der Waals surface area contributed by atoms with E-state index in [1.807, 2.05) is 0 Å². The summed E-state index contributed by atoms with van der Waals surface area (Å²) in [6.45, 7) is 3.62. The van der Waals surface area contributed by atoms with Crippen LogP contribution in [0.5, 0.6) is 0 Å². The van der Waals surface area contributed by atoms with E-state index in [0.717, 1.165) is 4.48 Å². The molecule has 4 nitrogen and oxygen atoms in total. The van der Waals surface area contributed by atoms with Crippen molar-refractivity contribution >= 4 is 0 Å². The summed E-state index contributed by atoms with van der Waals surface area (Å²) < 4.78 is 25.6. The lowest BCUT2D eigenvalue weighted by Gasteiger charge is -2.23. The van der Waals surface area contributed by atoms with Gasteiger partial charge >= 0.3 is 21.1 Å². The van der Waals surface area contributed by atoms with Crippen LogP contribution >= 0.6 is 0 Å². The van der Waals surface area contributed by atoms with Crippen molar-refractivity contribution in [1.29, 1.82) is 0 Å². The average Bonchev–Trinajstić information content (AvgIpc) is 2.29. The van der Waals surface area contributed by atoms with Crippen molar-refractivity contribution < 1.29 is 35.9 Å². The number of hydrogen-bond acceptors (Lipinski definition) is 3. The predicted octanol–water partition coefficient (Wildman–Crippen LogP) is -1.32. The first-order valence-corrected chi connectivity index (χ1v) is 10.6. The summed E-state index contributed by atoms with van der Waals surface area (Å²) in [5, 5.41) is 0. The highest BCUT2D eigenvalue weighted by Crippen LogP contribution is 2.10. The van der Waals surface area contributed by atoms with Crippen LogP contribution in [-0.4, -0.2) is 35.6 Å². The van der Waals surface area contributed by atoms with E-state index in [9.17, 15) is 0 Å². The normalized spacial score (nSPS) is 11.4. The maximum Gasteiger partial charge on any atom is 0.503 e. The fraction of sp³-hybridized carbons (Fsp3) is 1.00. The fourth-order valence-electron chi connectivity index (χ4n) is 2.07. The second kappa shape index (κ2) is 15.9. The summed E-state index contributed by atoms with van der Waals surface area (Å²) >= 11 is -3.76. The van der Waals surface area contributed by atoms with E-state index in [1.54, 1.807) is 0 Å². The summed E-state index contributed by atoms with van der Waals surface area (Å²) in [5.41, 5.74) is 0. The van der Waals surface area contributed by atoms with Crippen LogP contribution in [0, 0.1) is 0 Å². The predicted molar refractivity (Wildman–Crippen MR) is 77.0 cm³/mol. The Labute approximate surface area is 134 Å². The minimum absolute atomic E-state index is 1.12. The number of unbranched alkanes of at least 4 members (excludes halogenated alkanes) is 9. The molecule has 0 aromatic heterocycles. The molecule has 0 bridgehead atoms. The van der Waals surface area contributed by atoms with E-state index < -0.39 is 21.1 Å². The van der Waals surface area contributed by atoms with Gasteiger partial charge in [0, 0.05) is 0 Å². The van der Waals surface area contributed by atoms with Crippen LogP contribution in [0.3, 0.4) is 0 Å². The number of quaternary nitrogens is 1. The zero-order valence-corrected chi connectivity index (χ0v) is 16.0. The Morgan fingerprint density at radius 2 is 1.05 bits per heavy atom. The topological polar surface area (TPSA) is 66.3 Å². The fourth-order valence-corrected chi connectivity index (χ4v) is 2.07. The van der Waals surface area contributed by atoms with Crippen LogP contribution in [0.1, 0.15) is 71.1 Å². The molecule has 124 valence electrons. The largest absolute Gasteiger partial charge is 0.503 e. The average molecular weight is 404 g/mol. The van der Waals surface area contributed by atoms with Gasteiger partial charge in [-0.15, -0.1) is 0 Å². The number of hydrogen-bond donors (Lipinski definition) is 1. The molecule has 0 saturated heterocycles. The number of halogens is 1. The lowest BCUT2D eigenvalue weighted by atomic mass is 10.1. The van der Waals surface area contributed by atoms with E-state index in [4.69, 9.17) is 10.3 Å². The van der Waals surface area contributed by atoms with Crippen LogP contribution in [-0.2, 0) is 0 Å².